The van der Waals surface area contributed by atoms with E-state index in [9.17, 15) is 14.4 Å². The van der Waals surface area contributed by atoms with Crippen LogP contribution in [0.25, 0.3) is 0 Å². The Bertz CT molecular complexity index is 845. The maximum atomic E-state index is 12.5. The van der Waals surface area contributed by atoms with Crippen molar-refractivity contribution >= 4 is 17.7 Å². The first-order chi connectivity index (χ1) is 11.5. The third-order valence-corrected chi connectivity index (χ3v) is 3.45. The molecule has 0 fully saturated rings. The van der Waals surface area contributed by atoms with Crippen molar-refractivity contribution in [3.63, 3.8) is 0 Å². The summed E-state index contributed by atoms with van der Waals surface area (Å²) in [5, 5.41) is 2.59. The van der Waals surface area contributed by atoms with E-state index >= 15 is 0 Å². The third kappa shape index (κ3) is 2.88. The molecule has 0 aliphatic heterocycles. The molecule has 1 amide bonds. The first kappa shape index (κ1) is 15.8. The fraction of sp³-hybridized carbons (Fsp3) is 0.235. The largest absolute Gasteiger partial charge is 0.445 e. The van der Waals surface area contributed by atoms with Crippen molar-refractivity contribution in [3.05, 3.63) is 58.7 Å². The number of aromatic nitrogens is 2. The summed E-state index contributed by atoms with van der Waals surface area (Å²) < 4.78 is 5.06. The molecule has 1 aliphatic carbocycles. The molecule has 0 unspecified atom stereocenters. The summed E-state index contributed by atoms with van der Waals surface area (Å²) in [6, 6.07) is 4.65. The lowest BCUT2D eigenvalue weighted by Gasteiger charge is -2.16. The molecule has 0 bridgehead atoms. The molecule has 2 aromatic rings. The maximum Gasteiger partial charge on any atom is 0.407 e. The van der Waals surface area contributed by atoms with Crippen LogP contribution in [-0.4, -0.2) is 33.7 Å². The fourth-order valence-electron chi connectivity index (χ4n) is 2.39. The average molecular weight is 325 g/mol. The topological polar surface area (TPSA) is 98.2 Å². The van der Waals surface area contributed by atoms with Crippen molar-refractivity contribution in [2.24, 2.45) is 0 Å². The molecule has 0 saturated carbocycles. The zero-order valence-electron chi connectivity index (χ0n) is 13.2. The molecule has 0 radical (unpaired) electrons. The molecule has 0 spiro atoms. The lowest BCUT2D eigenvalue weighted by Crippen LogP contribution is -2.30. The zero-order chi connectivity index (χ0) is 17.3. The first-order valence-corrected chi connectivity index (χ1v) is 7.44. The summed E-state index contributed by atoms with van der Waals surface area (Å²) >= 11 is 0. The van der Waals surface area contributed by atoms with Crippen molar-refractivity contribution in [1.82, 2.24) is 15.3 Å². The standard InChI is InChI=1S/C17H15N3O4/c1-9(2)20-17(23)24-8-10-6-12-14(19-7-10)16(22)13-11(15(12)21)4-3-5-18-13/h3-7,9H,8H2,1-2H3,(H,20,23). The van der Waals surface area contributed by atoms with Gasteiger partial charge in [-0.15, -0.1) is 0 Å². The quantitative estimate of drug-likeness (QED) is 0.789. The second-order valence-corrected chi connectivity index (χ2v) is 5.67. The van der Waals surface area contributed by atoms with Crippen molar-refractivity contribution in [2.45, 2.75) is 26.5 Å². The predicted molar refractivity (Wildman–Crippen MR) is 83.8 cm³/mol. The van der Waals surface area contributed by atoms with Crippen LogP contribution in [0.5, 0.6) is 0 Å². The number of pyridine rings is 2. The Morgan fingerprint density at radius 2 is 1.92 bits per heavy atom. The summed E-state index contributed by atoms with van der Waals surface area (Å²) in [6.45, 7) is 3.59. The molecule has 24 heavy (non-hydrogen) atoms. The molecular formula is C17H15N3O4. The van der Waals surface area contributed by atoms with Gasteiger partial charge in [0.25, 0.3) is 0 Å². The van der Waals surface area contributed by atoms with Gasteiger partial charge >= 0.3 is 6.09 Å². The number of nitrogens with zero attached hydrogens (tertiary/aromatic N) is 2. The molecule has 1 aliphatic rings. The van der Waals surface area contributed by atoms with Crippen LogP contribution in [-0.2, 0) is 11.3 Å². The SMILES string of the molecule is CC(C)NC(=O)OCc1cnc2c(c1)C(=O)c1cccnc1C2=O. The zero-order valence-corrected chi connectivity index (χ0v) is 13.2. The summed E-state index contributed by atoms with van der Waals surface area (Å²) in [6.07, 6.45) is 2.32. The van der Waals surface area contributed by atoms with Crippen LogP contribution in [0.4, 0.5) is 4.79 Å². The minimum absolute atomic E-state index is 0.0395. The molecule has 2 heterocycles. The van der Waals surface area contributed by atoms with Crippen molar-refractivity contribution in [2.75, 3.05) is 0 Å². The monoisotopic (exact) mass is 325 g/mol. The number of nitrogens with one attached hydrogen (secondary N) is 1. The van der Waals surface area contributed by atoms with E-state index in [-0.39, 0.29) is 46.7 Å². The Kier molecular flexibility index (Phi) is 4.07. The number of carbonyl (C=O) groups is 3. The minimum atomic E-state index is -0.556. The Morgan fingerprint density at radius 3 is 2.67 bits per heavy atom. The molecule has 1 N–H and O–H groups in total. The predicted octanol–water partition coefficient (Wildman–Crippen LogP) is 1.89. The Hall–Kier alpha value is -3.09. The van der Waals surface area contributed by atoms with E-state index in [1.807, 2.05) is 13.8 Å². The Morgan fingerprint density at radius 1 is 1.17 bits per heavy atom. The van der Waals surface area contributed by atoms with E-state index < -0.39 is 6.09 Å². The van der Waals surface area contributed by atoms with Crippen LogP contribution in [0.2, 0.25) is 0 Å². The summed E-state index contributed by atoms with van der Waals surface area (Å²) in [5.74, 6) is -0.695. The van der Waals surface area contributed by atoms with Gasteiger partial charge in [-0.3, -0.25) is 19.6 Å². The highest BCUT2D eigenvalue weighted by molar-refractivity contribution is 6.26. The van der Waals surface area contributed by atoms with Gasteiger partial charge in [-0.05, 0) is 32.0 Å². The third-order valence-electron chi connectivity index (χ3n) is 3.45. The Labute approximate surface area is 138 Å². The van der Waals surface area contributed by atoms with Gasteiger partial charge in [-0.1, -0.05) is 0 Å². The number of rotatable bonds is 3. The second kappa shape index (κ2) is 6.19. The highest BCUT2D eigenvalue weighted by Gasteiger charge is 2.32. The van der Waals surface area contributed by atoms with Crippen LogP contribution in [0.1, 0.15) is 51.5 Å². The highest BCUT2D eigenvalue weighted by atomic mass is 16.5. The molecular weight excluding hydrogens is 310 g/mol. The van der Waals surface area contributed by atoms with Crippen LogP contribution in [0, 0.1) is 0 Å². The highest BCUT2D eigenvalue weighted by Crippen LogP contribution is 2.25. The number of hydrogen-bond donors (Lipinski definition) is 1. The number of amides is 1. The average Bonchev–Trinajstić information content (AvgIpc) is 2.57. The van der Waals surface area contributed by atoms with E-state index in [0.717, 1.165) is 0 Å². The molecule has 7 heteroatoms. The molecule has 122 valence electrons. The molecule has 0 saturated heterocycles. The van der Waals surface area contributed by atoms with Crippen molar-refractivity contribution < 1.29 is 19.1 Å². The van der Waals surface area contributed by atoms with Gasteiger partial charge in [-0.25, -0.2) is 4.79 Å². The summed E-state index contributed by atoms with van der Waals surface area (Å²) in [5.41, 5.74) is 1.17. The number of ether oxygens (including phenoxy) is 1. The molecule has 0 atom stereocenters. The van der Waals surface area contributed by atoms with Gasteiger partial charge in [-0.2, -0.15) is 0 Å². The maximum absolute atomic E-state index is 12.5. The first-order valence-electron chi connectivity index (χ1n) is 7.44. The fourth-order valence-corrected chi connectivity index (χ4v) is 2.39. The van der Waals surface area contributed by atoms with Crippen LogP contribution in [0.15, 0.2) is 30.6 Å². The van der Waals surface area contributed by atoms with Gasteiger partial charge in [0.1, 0.15) is 18.0 Å². The van der Waals surface area contributed by atoms with E-state index in [1.165, 1.54) is 18.5 Å². The van der Waals surface area contributed by atoms with E-state index in [4.69, 9.17) is 4.74 Å². The summed E-state index contributed by atoms with van der Waals surface area (Å²) in [4.78, 5) is 44.5. The number of hydrogen-bond acceptors (Lipinski definition) is 6. The van der Waals surface area contributed by atoms with Gasteiger partial charge < -0.3 is 10.1 Å². The van der Waals surface area contributed by atoms with Crippen LogP contribution in [0.3, 0.4) is 0 Å². The molecule has 3 rings (SSSR count). The molecule has 7 nitrogen and oxygen atoms in total. The van der Waals surface area contributed by atoms with E-state index in [2.05, 4.69) is 15.3 Å². The number of alkyl carbamates (subject to hydrolysis) is 1. The van der Waals surface area contributed by atoms with Crippen LogP contribution >= 0.6 is 0 Å². The van der Waals surface area contributed by atoms with Crippen molar-refractivity contribution in [1.29, 1.82) is 0 Å². The number of ketones is 2. The number of carbonyl (C=O) groups excluding carboxylic acids is 3. The van der Waals surface area contributed by atoms with Crippen LogP contribution < -0.4 is 5.32 Å². The van der Waals surface area contributed by atoms with Crippen molar-refractivity contribution in [3.8, 4) is 0 Å². The van der Waals surface area contributed by atoms with Gasteiger partial charge in [0, 0.05) is 24.0 Å². The lowest BCUT2D eigenvalue weighted by molar-refractivity contribution is 0.0971. The summed E-state index contributed by atoms with van der Waals surface area (Å²) in [7, 11) is 0. The van der Waals surface area contributed by atoms with Gasteiger partial charge in [0.2, 0.25) is 5.78 Å². The van der Waals surface area contributed by atoms with E-state index in [0.29, 0.717) is 5.56 Å². The Balaban J connectivity index is 1.85. The number of fused-ring (bicyclic) bond motifs is 2. The second-order valence-electron chi connectivity index (χ2n) is 5.67. The van der Waals surface area contributed by atoms with Gasteiger partial charge in [0.15, 0.2) is 5.78 Å². The van der Waals surface area contributed by atoms with Gasteiger partial charge in [0.05, 0.1) is 11.1 Å². The minimum Gasteiger partial charge on any atom is -0.445 e. The van der Waals surface area contributed by atoms with E-state index in [1.54, 1.807) is 12.1 Å². The normalized spacial score (nSPS) is 12.6. The smallest absolute Gasteiger partial charge is 0.407 e. The molecule has 0 aromatic carbocycles. The lowest BCUT2D eigenvalue weighted by atomic mass is 9.90. The molecule has 2 aromatic heterocycles.